The van der Waals surface area contributed by atoms with E-state index in [1.54, 1.807) is 18.2 Å². The molecule has 1 heterocycles. The molecule has 0 atom stereocenters. The number of nitro groups is 2. The smallest absolute Gasteiger partial charge is 0.218 e. The lowest BCUT2D eigenvalue weighted by Crippen LogP contribution is -2.21. The molecule has 0 amide bonds. The molecule has 0 bridgehead atoms. The minimum atomic E-state index is -0.767. The summed E-state index contributed by atoms with van der Waals surface area (Å²) < 4.78 is 0. The number of hydrogen-bond donors (Lipinski definition) is 0. The Morgan fingerprint density at radius 1 is 1.20 bits per heavy atom. The summed E-state index contributed by atoms with van der Waals surface area (Å²) in [6, 6.07) is 4.85. The number of aromatic nitrogens is 1. The van der Waals surface area contributed by atoms with Crippen molar-refractivity contribution in [2.75, 3.05) is 13.1 Å². The molecule has 0 aliphatic carbocycles. The second-order valence-electron chi connectivity index (χ2n) is 2.98. The number of rotatable bonds is 5. The van der Waals surface area contributed by atoms with Gasteiger partial charge in [0.15, 0.2) is 0 Å². The summed E-state index contributed by atoms with van der Waals surface area (Å²) in [6.07, 6.45) is 1.46. The Hall–Kier alpha value is -2.05. The van der Waals surface area contributed by atoms with Gasteiger partial charge in [0.05, 0.1) is 5.69 Å². The molecule has 0 radical (unpaired) electrons. The van der Waals surface area contributed by atoms with Gasteiger partial charge < -0.3 is 0 Å². The van der Waals surface area contributed by atoms with Crippen LogP contribution in [0.1, 0.15) is 11.6 Å². The first-order valence-electron chi connectivity index (χ1n) is 4.24. The van der Waals surface area contributed by atoms with Crippen molar-refractivity contribution in [3.05, 3.63) is 50.3 Å². The average Bonchev–Trinajstić information content (AvgIpc) is 2.17. The SMILES string of the molecule is O=[N+]([O-])CC(C[N+](=O)[O-])c1ccccn1. The minimum absolute atomic E-state index is 0.380. The van der Waals surface area contributed by atoms with Gasteiger partial charge in [0, 0.05) is 16.0 Å². The molecule has 0 fully saturated rings. The second kappa shape index (κ2) is 4.99. The fourth-order valence-electron chi connectivity index (χ4n) is 1.22. The molecule has 15 heavy (non-hydrogen) atoms. The van der Waals surface area contributed by atoms with Gasteiger partial charge in [-0.1, -0.05) is 6.07 Å². The molecule has 80 valence electrons. The Morgan fingerprint density at radius 3 is 2.20 bits per heavy atom. The third kappa shape index (κ3) is 3.67. The summed E-state index contributed by atoms with van der Waals surface area (Å²) in [5.74, 6) is -0.767. The Labute approximate surface area is 85.1 Å². The lowest BCUT2D eigenvalue weighted by Gasteiger charge is -2.06. The summed E-state index contributed by atoms with van der Waals surface area (Å²) in [5.41, 5.74) is 0.380. The van der Waals surface area contributed by atoms with Crippen molar-refractivity contribution in [2.45, 2.75) is 5.92 Å². The van der Waals surface area contributed by atoms with Crippen LogP contribution in [0.3, 0.4) is 0 Å². The Kier molecular flexibility index (Phi) is 3.67. The number of hydrogen-bond acceptors (Lipinski definition) is 5. The summed E-state index contributed by atoms with van der Waals surface area (Å²) in [5, 5.41) is 20.6. The van der Waals surface area contributed by atoms with E-state index in [4.69, 9.17) is 0 Å². The third-order valence-electron chi connectivity index (χ3n) is 1.84. The molecule has 1 rings (SSSR count). The van der Waals surface area contributed by atoms with Gasteiger partial charge in [0.25, 0.3) is 0 Å². The lowest BCUT2D eigenvalue weighted by molar-refractivity contribution is -0.516. The van der Waals surface area contributed by atoms with E-state index in [2.05, 4.69) is 4.98 Å². The van der Waals surface area contributed by atoms with Crippen LogP contribution in [0, 0.1) is 20.2 Å². The van der Waals surface area contributed by atoms with E-state index in [9.17, 15) is 20.2 Å². The second-order valence-corrected chi connectivity index (χ2v) is 2.98. The molecule has 0 aliphatic heterocycles. The van der Waals surface area contributed by atoms with Crippen molar-refractivity contribution in [1.82, 2.24) is 4.98 Å². The highest BCUT2D eigenvalue weighted by Gasteiger charge is 2.24. The first-order chi connectivity index (χ1) is 7.09. The first-order valence-corrected chi connectivity index (χ1v) is 4.24. The topological polar surface area (TPSA) is 99.2 Å². The van der Waals surface area contributed by atoms with E-state index in [0.717, 1.165) is 0 Å². The molecule has 0 saturated heterocycles. The van der Waals surface area contributed by atoms with Crippen molar-refractivity contribution >= 4 is 0 Å². The zero-order valence-electron chi connectivity index (χ0n) is 7.78. The van der Waals surface area contributed by atoms with E-state index in [-0.39, 0.29) is 0 Å². The Morgan fingerprint density at radius 2 is 1.80 bits per heavy atom. The lowest BCUT2D eigenvalue weighted by atomic mass is 10.1. The van der Waals surface area contributed by atoms with E-state index < -0.39 is 28.9 Å². The molecule has 7 heteroatoms. The molecular weight excluding hydrogens is 202 g/mol. The average molecular weight is 211 g/mol. The van der Waals surface area contributed by atoms with Crippen molar-refractivity contribution in [3.63, 3.8) is 0 Å². The summed E-state index contributed by atoms with van der Waals surface area (Å²) >= 11 is 0. The van der Waals surface area contributed by atoms with Gasteiger partial charge in [-0.3, -0.25) is 25.2 Å². The monoisotopic (exact) mass is 211 g/mol. The van der Waals surface area contributed by atoms with Crippen molar-refractivity contribution in [1.29, 1.82) is 0 Å². The van der Waals surface area contributed by atoms with Gasteiger partial charge in [-0.05, 0) is 12.1 Å². The largest absolute Gasteiger partial charge is 0.265 e. The minimum Gasteiger partial charge on any atom is -0.265 e. The zero-order chi connectivity index (χ0) is 11.3. The van der Waals surface area contributed by atoms with Gasteiger partial charge >= 0.3 is 0 Å². The van der Waals surface area contributed by atoms with Crippen LogP contribution in [0.2, 0.25) is 0 Å². The van der Waals surface area contributed by atoms with Gasteiger partial charge in [-0.25, -0.2) is 0 Å². The van der Waals surface area contributed by atoms with Crippen LogP contribution in [-0.2, 0) is 0 Å². The molecule has 0 N–H and O–H groups in total. The molecule has 7 nitrogen and oxygen atoms in total. The molecular formula is C8H9N3O4. The van der Waals surface area contributed by atoms with Crippen LogP contribution in [0.5, 0.6) is 0 Å². The van der Waals surface area contributed by atoms with Gasteiger partial charge in [0.2, 0.25) is 13.1 Å². The van der Waals surface area contributed by atoms with Crippen molar-refractivity contribution in [3.8, 4) is 0 Å². The zero-order valence-corrected chi connectivity index (χ0v) is 7.78. The van der Waals surface area contributed by atoms with E-state index in [1.807, 2.05) is 0 Å². The Bertz CT molecular complexity index is 338. The van der Waals surface area contributed by atoms with Gasteiger partial charge in [-0.2, -0.15) is 0 Å². The maximum Gasteiger partial charge on any atom is 0.218 e. The summed E-state index contributed by atoms with van der Waals surface area (Å²) in [4.78, 5) is 23.4. The highest BCUT2D eigenvalue weighted by molar-refractivity contribution is 5.09. The molecule has 0 spiro atoms. The number of pyridine rings is 1. The van der Waals surface area contributed by atoms with E-state index in [0.29, 0.717) is 5.69 Å². The first kappa shape index (κ1) is 11.0. The highest BCUT2D eigenvalue weighted by Crippen LogP contribution is 2.12. The normalized spacial score (nSPS) is 10.2. The molecule has 0 unspecified atom stereocenters. The highest BCUT2D eigenvalue weighted by atomic mass is 16.6. The van der Waals surface area contributed by atoms with E-state index in [1.165, 1.54) is 6.20 Å². The van der Waals surface area contributed by atoms with Crippen LogP contribution in [0.25, 0.3) is 0 Å². The number of nitrogens with zero attached hydrogens (tertiary/aromatic N) is 3. The van der Waals surface area contributed by atoms with Crippen LogP contribution in [0.15, 0.2) is 24.4 Å². The van der Waals surface area contributed by atoms with Gasteiger partial charge in [-0.15, -0.1) is 0 Å². The van der Waals surface area contributed by atoms with Crippen LogP contribution in [-0.4, -0.2) is 27.9 Å². The molecule has 0 aromatic carbocycles. The molecule has 1 aromatic heterocycles. The predicted molar refractivity (Wildman–Crippen MR) is 50.7 cm³/mol. The van der Waals surface area contributed by atoms with Crippen LogP contribution >= 0.6 is 0 Å². The quantitative estimate of drug-likeness (QED) is 0.527. The predicted octanol–water partition coefficient (Wildman–Crippen LogP) is 0.719. The maximum atomic E-state index is 10.3. The molecule has 1 aromatic rings. The summed E-state index contributed by atoms with van der Waals surface area (Å²) in [7, 11) is 0. The van der Waals surface area contributed by atoms with Crippen molar-refractivity contribution in [2.24, 2.45) is 0 Å². The fourth-order valence-corrected chi connectivity index (χ4v) is 1.22. The molecule has 0 aliphatic rings. The maximum absolute atomic E-state index is 10.3. The van der Waals surface area contributed by atoms with Gasteiger partial charge in [0.1, 0.15) is 5.92 Å². The third-order valence-corrected chi connectivity index (χ3v) is 1.84. The van der Waals surface area contributed by atoms with E-state index >= 15 is 0 Å². The Balaban J connectivity index is 2.81. The fraction of sp³-hybridized carbons (Fsp3) is 0.375. The standard InChI is InChI=1S/C8H9N3O4/c12-10(13)5-7(6-11(14)15)8-3-1-2-4-9-8/h1-4,7H,5-6H2. The van der Waals surface area contributed by atoms with Crippen LogP contribution < -0.4 is 0 Å². The molecule has 0 saturated carbocycles. The van der Waals surface area contributed by atoms with Crippen LogP contribution in [0.4, 0.5) is 0 Å². The van der Waals surface area contributed by atoms with Crippen molar-refractivity contribution < 1.29 is 9.85 Å². The summed E-state index contributed by atoms with van der Waals surface area (Å²) in [6.45, 7) is -0.948.